The number of ether oxygens (including phenoxy) is 1. The number of fused-ring (bicyclic) bond motifs is 1. The van der Waals surface area contributed by atoms with E-state index in [0.29, 0.717) is 29.5 Å². The van der Waals surface area contributed by atoms with Gasteiger partial charge in [0.1, 0.15) is 28.9 Å². The van der Waals surface area contributed by atoms with Crippen LogP contribution >= 0.6 is 11.6 Å². The molecule has 4 aromatic rings. The molecule has 0 aliphatic carbocycles. The molecule has 4 rings (SSSR count). The predicted octanol–water partition coefficient (Wildman–Crippen LogP) is 5.17. The second-order valence-electron chi connectivity index (χ2n) is 7.88. The van der Waals surface area contributed by atoms with Crippen LogP contribution in [0.4, 0.5) is 13.2 Å². The lowest BCUT2D eigenvalue weighted by atomic mass is 9.99. The number of hydrogen-bond acceptors (Lipinski definition) is 4. The molecule has 186 valence electrons. The maximum Gasteiger partial charge on any atom is 0.317 e. The molecular weight excluding hydrogens is 497 g/mol. The minimum absolute atomic E-state index is 0.0983. The van der Waals surface area contributed by atoms with Gasteiger partial charge >= 0.3 is 5.97 Å². The van der Waals surface area contributed by atoms with Crippen LogP contribution in [0.3, 0.4) is 0 Å². The van der Waals surface area contributed by atoms with Crippen molar-refractivity contribution in [3.05, 3.63) is 93.5 Å². The van der Waals surface area contributed by atoms with Gasteiger partial charge in [-0.05, 0) is 61.0 Å². The summed E-state index contributed by atoms with van der Waals surface area (Å²) < 4.78 is 49.9. The SMILES string of the molecule is O=C(O)CNCCCOc1cc(-c2ccc(F)cc2Cl)c2ccc(=O)n(-c3c(F)cccc3F)c2c1. The zero-order valence-electron chi connectivity index (χ0n) is 18.7. The number of nitrogens with zero attached hydrogens (tertiary/aromatic N) is 1. The van der Waals surface area contributed by atoms with Crippen LogP contribution in [0.15, 0.2) is 65.5 Å². The van der Waals surface area contributed by atoms with E-state index >= 15 is 0 Å². The summed E-state index contributed by atoms with van der Waals surface area (Å²) in [5, 5.41) is 12.0. The highest BCUT2D eigenvalue weighted by Gasteiger charge is 2.19. The zero-order chi connectivity index (χ0) is 25.8. The first-order valence-corrected chi connectivity index (χ1v) is 11.3. The van der Waals surface area contributed by atoms with Crippen LogP contribution in [0, 0.1) is 17.5 Å². The van der Waals surface area contributed by atoms with Gasteiger partial charge in [0.25, 0.3) is 5.56 Å². The maximum absolute atomic E-state index is 14.7. The van der Waals surface area contributed by atoms with E-state index in [1.165, 1.54) is 36.4 Å². The Morgan fingerprint density at radius 3 is 2.44 bits per heavy atom. The molecule has 0 amide bonds. The fourth-order valence-electron chi connectivity index (χ4n) is 3.85. The average molecular weight is 517 g/mol. The minimum atomic E-state index is -0.982. The Balaban J connectivity index is 1.86. The van der Waals surface area contributed by atoms with Crippen LogP contribution in [0.1, 0.15) is 6.42 Å². The number of nitrogens with one attached hydrogen (secondary N) is 1. The second kappa shape index (κ2) is 10.8. The van der Waals surface area contributed by atoms with E-state index in [2.05, 4.69) is 5.32 Å². The van der Waals surface area contributed by atoms with Crippen LogP contribution in [0.25, 0.3) is 27.7 Å². The molecule has 3 aromatic carbocycles. The van der Waals surface area contributed by atoms with E-state index in [9.17, 15) is 22.8 Å². The van der Waals surface area contributed by atoms with Crippen molar-refractivity contribution in [1.82, 2.24) is 9.88 Å². The summed E-state index contributed by atoms with van der Waals surface area (Å²) in [5.74, 6) is -3.11. The molecule has 0 fully saturated rings. The Bertz CT molecular complexity index is 1490. The average Bonchev–Trinajstić information content (AvgIpc) is 2.82. The van der Waals surface area contributed by atoms with Gasteiger partial charge < -0.3 is 15.2 Å². The molecule has 6 nitrogen and oxygen atoms in total. The summed E-state index contributed by atoms with van der Waals surface area (Å²) in [6.07, 6.45) is 0.460. The lowest BCUT2D eigenvalue weighted by molar-refractivity contribution is -0.135. The number of carboxylic acid groups (broad SMARTS) is 1. The minimum Gasteiger partial charge on any atom is -0.493 e. The summed E-state index contributed by atoms with van der Waals surface area (Å²) in [6.45, 7) is 0.366. The first-order valence-electron chi connectivity index (χ1n) is 10.9. The van der Waals surface area contributed by atoms with Crippen LogP contribution in [0.5, 0.6) is 5.75 Å². The van der Waals surface area contributed by atoms with Crippen molar-refractivity contribution >= 4 is 28.5 Å². The summed E-state index contributed by atoms with van der Waals surface area (Å²) in [7, 11) is 0. The predicted molar refractivity (Wildman–Crippen MR) is 130 cm³/mol. The number of carboxylic acids is 1. The van der Waals surface area contributed by atoms with Gasteiger partial charge in [-0.2, -0.15) is 0 Å². The van der Waals surface area contributed by atoms with Crippen LogP contribution in [0.2, 0.25) is 5.02 Å². The summed E-state index contributed by atoms with van der Waals surface area (Å²) >= 11 is 6.32. The number of halogens is 4. The van der Waals surface area contributed by atoms with Gasteiger partial charge in [-0.25, -0.2) is 13.2 Å². The molecule has 0 bridgehead atoms. The molecule has 1 aromatic heterocycles. The molecule has 10 heteroatoms. The van der Waals surface area contributed by atoms with Crippen molar-refractivity contribution in [2.24, 2.45) is 0 Å². The highest BCUT2D eigenvalue weighted by atomic mass is 35.5. The van der Waals surface area contributed by atoms with Gasteiger partial charge in [-0.3, -0.25) is 14.2 Å². The van der Waals surface area contributed by atoms with Crippen LogP contribution < -0.4 is 15.6 Å². The number of carbonyl (C=O) groups is 1. The monoisotopic (exact) mass is 516 g/mol. The van der Waals surface area contributed by atoms with Crippen molar-refractivity contribution in [1.29, 1.82) is 0 Å². The summed E-state index contributed by atoms with van der Waals surface area (Å²) in [5.41, 5.74) is -0.168. The maximum atomic E-state index is 14.7. The number of hydrogen-bond donors (Lipinski definition) is 2. The topological polar surface area (TPSA) is 80.6 Å². The molecule has 0 aliphatic heterocycles. The quantitative estimate of drug-likeness (QED) is 0.300. The van der Waals surface area contributed by atoms with Crippen LogP contribution in [-0.2, 0) is 4.79 Å². The van der Waals surface area contributed by atoms with Crippen molar-refractivity contribution in [3.63, 3.8) is 0 Å². The second-order valence-corrected chi connectivity index (χ2v) is 8.28. The first-order chi connectivity index (χ1) is 17.3. The first kappa shape index (κ1) is 25.3. The van der Waals surface area contributed by atoms with Gasteiger partial charge in [-0.1, -0.05) is 17.7 Å². The molecule has 0 saturated heterocycles. The van der Waals surface area contributed by atoms with E-state index in [1.807, 2.05) is 0 Å². The molecule has 2 N–H and O–H groups in total. The van der Waals surface area contributed by atoms with Crippen molar-refractivity contribution in [2.45, 2.75) is 6.42 Å². The third-order valence-electron chi connectivity index (χ3n) is 5.41. The summed E-state index contributed by atoms with van der Waals surface area (Å²) in [4.78, 5) is 23.5. The fourth-order valence-corrected chi connectivity index (χ4v) is 4.12. The fraction of sp³-hybridized carbons (Fsp3) is 0.154. The Hall–Kier alpha value is -3.82. The van der Waals surface area contributed by atoms with E-state index in [1.54, 1.807) is 6.07 Å². The number of aliphatic carboxylic acids is 1. The van der Waals surface area contributed by atoms with Crippen molar-refractivity contribution in [3.8, 4) is 22.6 Å². The van der Waals surface area contributed by atoms with Gasteiger partial charge in [0.05, 0.1) is 23.7 Å². The molecule has 0 saturated carbocycles. The smallest absolute Gasteiger partial charge is 0.317 e. The highest BCUT2D eigenvalue weighted by Crippen LogP contribution is 2.37. The van der Waals surface area contributed by atoms with Gasteiger partial charge in [-0.15, -0.1) is 0 Å². The Labute approximate surface area is 208 Å². The van der Waals surface area contributed by atoms with Crippen molar-refractivity contribution in [2.75, 3.05) is 19.7 Å². The van der Waals surface area contributed by atoms with E-state index in [0.717, 1.165) is 22.8 Å². The molecule has 36 heavy (non-hydrogen) atoms. The van der Waals surface area contributed by atoms with Crippen LogP contribution in [-0.4, -0.2) is 35.3 Å². The van der Waals surface area contributed by atoms with Gasteiger partial charge in [0.15, 0.2) is 0 Å². The number of aromatic nitrogens is 1. The number of rotatable bonds is 9. The van der Waals surface area contributed by atoms with E-state index in [-0.39, 0.29) is 29.4 Å². The Morgan fingerprint density at radius 2 is 1.75 bits per heavy atom. The summed E-state index contributed by atoms with van der Waals surface area (Å²) in [6, 6.07) is 12.9. The highest BCUT2D eigenvalue weighted by molar-refractivity contribution is 6.33. The molecule has 0 atom stereocenters. The van der Waals surface area contributed by atoms with Gasteiger partial charge in [0, 0.05) is 23.1 Å². The molecule has 0 radical (unpaired) electrons. The third-order valence-corrected chi connectivity index (χ3v) is 5.72. The molecule has 0 unspecified atom stereocenters. The normalized spacial score (nSPS) is 11.1. The standard InChI is InChI=1S/C26H20ClF3N2O4/c27-20-11-15(28)5-6-17(20)19-12-16(36-10-2-9-31-14-25(34)35)13-23-18(19)7-8-24(33)32(23)26-21(29)3-1-4-22(26)30/h1,3-8,11-13,31H,2,9-10,14H2,(H,34,35). The Morgan fingerprint density at radius 1 is 1.00 bits per heavy atom. The number of benzene rings is 3. The lowest BCUT2D eigenvalue weighted by Gasteiger charge is -2.17. The largest absolute Gasteiger partial charge is 0.493 e. The van der Waals surface area contributed by atoms with Gasteiger partial charge in [0.2, 0.25) is 0 Å². The molecule has 0 spiro atoms. The third kappa shape index (κ3) is 5.37. The molecular formula is C26H20ClF3N2O4. The van der Waals surface area contributed by atoms with E-state index < -0.39 is 34.7 Å². The Kier molecular flexibility index (Phi) is 7.61. The zero-order valence-corrected chi connectivity index (χ0v) is 19.5. The molecule has 0 aliphatic rings. The number of para-hydroxylation sites is 1. The number of pyridine rings is 1. The lowest BCUT2D eigenvalue weighted by Crippen LogP contribution is -2.24. The van der Waals surface area contributed by atoms with E-state index in [4.69, 9.17) is 21.4 Å². The van der Waals surface area contributed by atoms with Crippen molar-refractivity contribution < 1.29 is 27.8 Å². The molecule has 1 heterocycles.